The van der Waals surface area contributed by atoms with Crippen molar-refractivity contribution in [2.45, 2.75) is 6.54 Å². The largest absolute Gasteiger partial charge is 0.456 e. The van der Waals surface area contributed by atoms with Crippen molar-refractivity contribution in [2.24, 2.45) is 0 Å². The van der Waals surface area contributed by atoms with Crippen LogP contribution in [0, 0.1) is 0 Å². The molecular weight excluding hydrogens is 280 g/mol. The number of halogens is 1. The Balaban J connectivity index is 2.27. The van der Waals surface area contributed by atoms with Crippen LogP contribution in [0.15, 0.2) is 47.2 Å². The minimum Gasteiger partial charge on any atom is -0.456 e. The van der Waals surface area contributed by atoms with Gasteiger partial charge in [-0.05, 0) is 29.0 Å². The van der Waals surface area contributed by atoms with Gasteiger partial charge in [-0.25, -0.2) is 0 Å². The Morgan fingerprint density at radius 1 is 1.24 bits per heavy atom. The van der Waals surface area contributed by atoms with E-state index < -0.39 is 0 Å². The summed E-state index contributed by atoms with van der Waals surface area (Å²) in [6, 6.07) is 9.80. The van der Waals surface area contributed by atoms with Crippen molar-refractivity contribution >= 4 is 15.9 Å². The average molecular weight is 293 g/mol. The van der Waals surface area contributed by atoms with E-state index in [1.54, 1.807) is 12.4 Å². The topological polar surface area (TPSA) is 34.1 Å². The summed E-state index contributed by atoms with van der Waals surface area (Å²) in [4.78, 5) is 4.01. The maximum absolute atomic E-state index is 5.87. The van der Waals surface area contributed by atoms with E-state index in [2.05, 4.69) is 26.2 Å². The number of ether oxygens (including phenoxy) is 1. The van der Waals surface area contributed by atoms with Gasteiger partial charge in [-0.15, -0.1) is 0 Å². The molecule has 1 aromatic heterocycles. The van der Waals surface area contributed by atoms with Crippen molar-refractivity contribution in [3.05, 3.63) is 52.8 Å². The molecule has 0 saturated heterocycles. The van der Waals surface area contributed by atoms with Gasteiger partial charge in [0.05, 0.1) is 4.47 Å². The molecule has 0 aliphatic rings. The summed E-state index contributed by atoms with van der Waals surface area (Å²) >= 11 is 3.41. The summed E-state index contributed by atoms with van der Waals surface area (Å²) in [5.41, 5.74) is 1.12. The van der Waals surface area contributed by atoms with E-state index in [1.807, 2.05) is 37.4 Å². The van der Waals surface area contributed by atoms with Crippen LogP contribution in [0.25, 0.3) is 0 Å². The quantitative estimate of drug-likeness (QED) is 0.938. The molecule has 0 fully saturated rings. The van der Waals surface area contributed by atoms with E-state index in [9.17, 15) is 0 Å². The Hall–Kier alpha value is -1.39. The molecule has 17 heavy (non-hydrogen) atoms. The number of nitrogens with zero attached hydrogens (tertiary/aromatic N) is 1. The number of hydrogen-bond donors (Lipinski definition) is 1. The van der Waals surface area contributed by atoms with Gasteiger partial charge in [0.15, 0.2) is 0 Å². The normalized spacial score (nSPS) is 10.2. The fourth-order valence-electron chi connectivity index (χ4n) is 1.50. The van der Waals surface area contributed by atoms with Crippen LogP contribution in [0.1, 0.15) is 5.56 Å². The molecule has 0 atom stereocenters. The monoisotopic (exact) mass is 292 g/mol. The number of pyridine rings is 1. The van der Waals surface area contributed by atoms with Crippen molar-refractivity contribution in [1.82, 2.24) is 10.3 Å². The number of hydrogen-bond acceptors (Lipinski definition) is 3. The van der Waals surface area contributed by atoms with Crippen molar-refractivity contribution < 1.29 is 4.74 Å². The number of rotatable bonds is 4. The molecule has 1 N–H and O–H groups in total. The summed E-state index contributed by atoms with van der Waals surface area (Å²) in [6.07, 6.45) is 3.43. The molecular formula is C13H13BrN2O. The molecule has 4 heteroatoms. The number of nitrogens with one attached hydrogen (secondary N) is 1. The molecule has 2 aromatic rings. The summed E-state index contributed by atoms with van der Waals surface area (Å²) in [6.45, 7) is 0.777. The van der Waals surface area contributed by atoms with Crippen LogP contribution in [-0.2, 0) is 6.54 Å². The van der Waals surface area contributed by atoms with Crippen LogP contribution >= 0.6 is 15.9 Å². The third-order valence-corrected chi connectivity index (χ3v) is 2.89. The number of benzene rings is 1. The highest BCUT2D eigenvalue weighted by Crippen LogP contribution is 2.30. The van der Waals surface area contributed by atoms with E-state index in [-0.39, 0.29) is 0 Å². The predicted molar refractivity (Wildman–Crippen MR) is 71.2 cm³/mol. The molecule has 1 heterocycles. The van der Waals surface area contributed by atoms with Crippen LogP contribution in [0.2, 0.25) is 0 Å². The first-order valence-corrected chi connectivity index (χ1v) is 6.10. The summed E-state index contributed by atoms with van der Waals surface area (Å²) in [5, 5.41) is 3.12. The van der Waals surface area contributed by atoms with Crippen LogP contribution in [0.5, 0.6) is 11.5 Å². The minimum absolute atomic E-state index is 0.767. The molecule has 0 spiro atoms. The Morgan fingerprint density at radius 3 is 2.82 bits per heavy atom. The molecule has 0 bridgehead atoms. The highest BCUT2D eigenvalue weighted by Gasteiger charge is 2.05. The van der Waals surface area contributed by atoms with E-state index in [4.69, 9.17) is 4.74 Å². The zero-order chi connectivity index (χ0) is 12.1. The smallest absolute Gasteiger partial charge is 0.144 e. The molecule has 2 rings (SSSR count). The van der Waals surface area contributed by atoms with E-state index in [1.165, 1.54) is 0 Å². The van der Waals surface area contributed by atoms with Gasteiger partial charge in [0.1, 0.15) is 11.5 Å². The van der Waals surface area contributed by atoms with Crippen LogP contribution in [0.4, 0.5) is 0 Å². The van der Waals surface area contributed by atoms with E-state index in [0.29, 0.717) is 0 Å². The lowest BCUT2D eigenvalue weighted by atomic mass is 10.2. The van der Waals surface area contributed by atoms with Crippen molar-refractivity contribution in [1.29, 1.82) is 0 Å². The zero-order valence-electron chi connectivity index (χ0n) is 9.48. The van der Waals surface area contributed by atoms with Crippen molar-refractivity contribution in [3.63, 3.8) is 0 Å². The van der Waals surface area contributed by atoms with Gasteiger partial charge in [0, 0.05) is 30.6 Å². The fourth-order valence-corrected chi connectivity index (χ4v) is 1.83. The van der Waals surface area contributed by atoms with Gasteiger partial charge in [0.25, 0.3) is 0 Å². The Bertz CT molecular complexity index is 502. The number of aromatic nitrogens is 1. The highest BCUT2D eigenvalue weighted by molar-refractivity contribution is 9.10. The molecule has 1 aromatic carbocycles. The predicted octanol–water partition coefficient (Wildman–Crippen LogP) is 3.36. The van der Waals surface area contributed by atoms with Crippen LogP contribution < -0.4 is 10.1 Å². The third-order valence-electron chi connectivity index (χ3n) is 2.29. The molecule has 88 valence electrons. The van der Waals surface area contributed by atoms with E-state index in [0.717, 1.165) is 28.1 Å². The van der Waals surface area contributed by atoms with Crippen molar-refractivity contribution in [3.8, 4) is 11.5 Å². The molecule has 0 unspecified atom stereocenters. The number of para-hydroxylation sites is 1. The van der Waals surface area contributed by atoms with Gasteiger partial charge in [-0.2, -0.15) is 0 Å². The minimum atomic E-state index is 0.767. The Morgan fingerprint density at radius 2 is 2.06 bits per heavy atom. The Kier molecular flexibility index (Phi) is 4.12. The van der Waals surface area contributed by atoms with Gasteiger partial charge in [-0.3, -0.25) is 4.98 Å². The first-order valence-electron chi connectivity index (χ1n) is 5.31. The van der Waals surface area contributed by atoms with Crippen molar-refractivity contribution in [2.75, 3.05) is 7.05 Å². The Labute approximate surface area is 109 Å². The lowest BCUT2D eigenvalue weighted by Crippen LogP contribution is -2.06. The second kappa shape index (κ2) is 5.80. The van der Waals surface area contributed by atoms with Gasteiger partial charge in [0.2, 0.25) is 0 Å². The maximum Gasteiger partial charge on any atom is 0.144 e. The maximum atomic E-state index is 5.87. The zero-order valence-corrected chi connectivity index (χ0v) is 11.1. The first kappa shape index (κ1) is 12.1. The SMILES string of the molecule is CNCc1ccccc1Oc1ccncc1Br. The third kappa shape index (κ3) is 3.05. The van der Waals surface area contributed by atoms with Crippen LogP contribution in [0.3, 0.4) is 0 Å². The summed E-state index contributed by atoms with van der Waals surface area (Å²) in [5.74, 6) is 1.62. The second-order valence-electron chi connectivity index (χ2n) is 3.55. The second-order valence-corrected chi connectivity index (χ2v) is 4.40. The standard InChI is InChI=1S/C13H13BrN2O/c1-15-8-10-4-2-3-5-12(10)17-13-6-7-16-9-11(13)14/h2-7,9,15H,8H2,1H3. The van der Waals surface area contributed by atoms with Gasteiger partial charge >= 0.3 is 0 Å². The molecule has 3 nitrogen and oxygen atoms in total. The molecule has 0 saturated carbocycles. The summed E-state index contributed by atoms with van der Waals surface area (Å²) in [7, 11) is 1.92. The van der Waals surface area contributed by atoms with E-state index >= 15 is 0 Å². The molecule has 0 aliphatic heterocycles. The molecule has 0 amide bonds. The van der Waals surface area contributed by atoms with Gasteiger partial charge < -0.3 is 10.1 Å². The average Bonchev–Trinajstić information content (AvgIpc) is 2.35. The fraction of sp³-hybridized carbons (Fsp3) is 0.154. The highest BCUT2D eigenvalue weighted by atomic mass is 79.9. The summed E-state index contributed by atoms with van der Waals surface area (Å²) < 4.78 is 6.71. The van der Waals surface area contributed by atoms with Gasteiger partial charge in [-0.1, -0.05) is 18.2 Å². The first-order chi connectivity index (χ1) is 8.31. The molecule has 0 radical (unpaired) electrons. The lowest BCUT2D eigenvalue weighted by molar-refractivity contribution is 0.470. The molecule has 0 aliphatic carbocycles. The van der Waals surface area contributed by atoms with Crippen LogP contribution in [-0.4, -0.2) is 12.0 Å². The lowest BCUT2D eigenvalue weighted by Gasteiger charge is -2.11.